The van der Waals surface area contributed by atoms with Gasteiger partial charge in [0.05, 0.1) is 10.5 Å². The Kier molecular flexibility index (Phi) is 4.34. The van der Waals surface area contributed by atoms with Gasteiger partial charge < -0.3 is 4.90 Å². The predicted molar refractivity (Wildman–Crippen MR) is 76.7 cm³/mol. The van der Waals surface area contributed by atoms with E-state index in [2.05, 4.69) is 0 Å². The maximum atomic E-state index is 13.4. The molecule has 2 rings (SSSR count). The van der Waals surface area contributed by atoms with Crippen LogP contribution in [0.1, 0.15) is 37.0 Å². The highest BCUT2D eigenvalue weighted by molar-refractivity contribution is 7.89. The quantitative estimate of drug-likeness (QED) is 0.902. The zero-order valence-corrected chi connectivity index (χ0v) is 12.9. The number of carbonyl (C=O) groups excluding carboxylic acids is 1. The van der Waals surface area contributed by atoms with Crippen molar-refractivity contribution in [3.63, 3.8) is 0 Å². The summed E-state index contributed by atoms with van der Waals surface area (Å²) in [6.07, 6.45) is 1.85. The van der Waals surface area contributed by atoms with E-state index in [1.165, 1.54) is 0 Å². The molecule has 0 spiro atoms. The molecule has 1 fully saturated rings. The van der Waals surface area contributed by atoms with E-state index in [9.17, 15) is 17.6 Å². The summed E-state index contributed by atoms with van der Waals surface area (Å²) in [5.74, 6) is -0.822. The molecule has 1 aliphatic heterocycles. The highest BCUT2D eigenvalue weighted by Crippen LogP contribution is 2.25. The zero-order chi connectivity index (χ0) is 15.8. The van der Waals surface area contributed by atoms with E-state index in [1.807, 2.05) is 13.8 Å². The van der Waals surface area contributed by atoms with Crippen LogP contribution in [0.15, 0.2) is 23.1 Å². The van der Waals surface area contributed by atoms with E-state index in [0.29, 0.717) is 12.5 Å². The van der Waals surface area contributed by atoms with E-state index >= 15 is 0 Å². The van der Waals surface area contributed by atoms with Gasteiger partial charge in [0.2, 0.25) is 10.0 Å². The molecule has 1 aromatic rings. The van der Waals surface area contributed by atoms with Gasteiger partial charge >= 0.3 is 0 Å². The number of primary sulfonamides is 1. The number of carbonyl (C=O) groups is 1. The van der Waals surface area contributed by atoms with Crippen LogP contribution in [-0.4, -0.2) is 31.8 Å². The van der Waals surface area contributed by atoms with Crippen LogP contribution >= 0.6 is 0 Å². The normalized spacial score (nSPS) is 23.1. The SMILES string of the molecule is CC1CCC(C)N(C(=O)c2cc(F)ccc2S(N)(=O)=O)C1. The fourth-order valence-electron chi connectivity index (χ4n) is 2.64. The lowest BCUT2D eigenvalue weighted by Crippen LogP contribution is -2.45. The number of likely N-dealkylation sites (tertiary alicyclic amines) is 1. The van der Waals surface area contributed by atoms with Crippen LogP contribution in [0.5, 0.6) is 0 Å². The first-order valence-electron chi connectivity index (χ1n) is 6.83. The number of nitrogens with two attached hydrogens (primary N) is 1. The van der Waals surface area contributed by atoms with Gasteiger partial charge in [-0.3, -0.25) is 4.79 Å². The van der Waals surface area contributed by atoms with Gasteiger partial charge in [0.15, 0.2) is 0 Å². The molecule has 1 heterocycles. The van der Waals surface area contributed by atoms with Gasteiger partial charge in [0, 0.05) is 12.6 Å². The molecule has 0 aliphatic carbocycles. The van der Waals surface area contributed by atoms with Crippen molar-refractivity contribution in [2.24, 2.45) is 11.1 Å². The second-order valence-corrected chi connectivity index (χ2v) is 7.20. The molecule has 1 amide bonds. The first kappa shape index (κ1) is 15.9. The molecular weight excluding hydrogens is 295 g/mol. The third-order valence-electron chi connectivity index (χ3n) is 3.86. The number of nitrogens with zero attached hydrogens (tertiary/aromatic N) is 1. The largest absolute Gasteiger partial charge is 0.336 e. The molecule has 7 heteroatoms. The van der Waals surface area contributed by atoms with Crippen LogP contribution in [-0.2, 0) is 10.0 Å². The lowest BCUT2D eigenvalue weighted by Gasteiger charge is -2.37. The van der Waals surface area contributed by atoms with E-state index in [-0.39, 0.29) is 16.5 Å². The standard InChI is InChI=1S/C14H19FN2O3S/c1-9-3-4-10(2)17(8-9)14(18)12-7-11(15)5-6-13(12)21(16,19)20/h5-7,9-10H,3-4,8H2,1-2H3,(H2,16,19,20). The third-order valence-corrected chi connectivity index (χ3v) is 4.83. The van der Waals surface area contributed by atoms with Gasteiger partial charge in [-0.2, -0.15) is 0 Å². The monoisotopic (exact) mass is 314 g/mol. The third kappa shape index (κ3) is 3.41. The van der Waals surface area contributed by atoms with Crippen molar-refractivity contribution in [3.8, 4) is 0 Å². The first-order chi connectivity index (χ1) is 9.70. The van der Waals surface area contributed by atoms with Crippen LogP contribution in [0.2, 0.25) is 0 Å². The molecule has 116 valence electrons. The topological polar surface area (TPSA) is 80.5 Å². The maximum Gasteiger partial charge on any atom is 0.255 e. The number of sulfonamides is 1. The average Bonchev–Trinajstić information content (AvgIpc) is 2.39. The molecule has 0 bridgehead atoms. The van der Waals surface area contributed by atoms with Crippen molar-refractivity contribution in [2.45, 2.75) is 37.6 Å². The van der Waals surface area contributed by atoms with Gasteiger partial charge in [-0.05, 0) is 43.9 Å². The maximum absolute atomic E-state index is 13.4. The molecule has 21 heavy (non-hydrogen) atoms. The molecule has 1 aromatic carbocycles. The first-order valence-corrected chi connectivity index (χ1v) is 8.38. The average molecular weight is 314 g/mol. The molecule has 1 saturated heterocycles. The number of benzene rings is 1. The summed E-state index contributed by atoms with van der Waals surface area (Å²) in [7, 11) is -4.08. The number of hydrogen-bond donors (Lipinski definition) is 1. The molecular formula is C14H19FN2O3S. The summed E-state index contributed by atoms with van der Waals surface area (Å²) >= 11 is 0. The van der Waals surface area contributed by atoms with Crippen molar-refractivity contribution in [2.75, 3.05) is 6.54 Å². The number of rotatable bonds is 2. The van der Waals surface area contributed by atoms with E-state index in [1.54, 1.807) is 4.90 Å². The molecule has 2 unspecified atom stereocenters. The highest BCUT2D eigenvalue weighted by atomic mass is 32.2. The Hall–Kier alpha value is -1.47. The van der Waals surface area contributed by atoms with E-state index in [0.717, 1.165) is 31.0 Å². The second kappa shape index (κ2) is 5.73. The van der Waals surface area contributed by atoms with Gasteiger partial charge in [0.1, 0.15) is 5.82 Å². The fourth-order valence-corrected chi connectivity index (χ4v) is 3.35. The Morgan fingerprint density at radius 1 is 1.33 bits per heavy atom. The summed E-state index contributed by atoms with van der Waals surface area (Å²) in [6, 6.07) is 2.95. The summed E-state index contributed by atoms with van der Waals surface area (Å²) < 4.78 is 36.6. The van der Waals surface area contributed by atoms with Gasteiger partial charge in [-0.25, -0.2) is 17.9 Å². The van der Waals surface area contributed by atoms with Gasteiger partial charge in [0.25, 0.3) is 5.91 Å². The molecule has 0 saturated carbocycles. The van der Waals surface area contributed by atoms with E-state index < -0.39 is 21.7 Å². The van der Waals surface area contributed by atoms with Crippen molar-refractivity contribution in [3.05, 3.63) is 29.6 Å². The number of amides is 1. The van der Waals surface area contributed by atoms with Crippen LogP contribution in [0.4, 0.5) is 4.39 Å². The zero-order valence-electron chi connectivity index (χ0n) is 12.0. The molecule has 1 aliphatic rings. The number of halogens is 1. The van der Waals surface area contributed by atoms with Crippen LogP contribution in [0.3, 0.4) is 0 Å². The Balaban J connectivity index is 2.45. The van der Waals surface area contributed by atoms with Crippen LogP contribution in [0, 0.1) is 11.7 Å². The number of piperidine rings is 1. The lowest BCUT2D eigenvalue weighted by atomic mass is 9.94. The summed E-state index contributed by atoms with van der Waals surface area (Å²) in [6.45, 7) is 4.46. The number of hydrogen-bond acceptors (Lipinski definition) is 3. The summed E-state index contributed by atoms with van der Waals surface area (Å²) in [5.41, 5.74) is -0.196. The molecule has 0 radical (unpaired) electrons. The van der Waals surface area contributed by atoms with Gasteiger partial charge in [-0.1, -0.05) is 6.92 Å². The lowest BCUT2D eigenvalue weighted by molar-refractivity contribution is 0.0569. The fraction of sp³-hybridized carbons (Fsp3) is 0.500. The second-order valence-electron chi connectivity index (χ2n) is 5.67. The Labute approximate surface area is 124 Å². The van der Waals surface area contributed by atoms with Crippen molar-refractivity contribution in [1.29, 1.82) is 0 Å². The Morgan fingerprint density at radius 2 is 2.00 bits per heavy atom. The molecule has 2 atom stereocenters. The minimum Gasteiger partial charge on any atom is -0.336 e. The Morgan fingerprint density at radius 3 is 2.62 bits per heavy atom. The van der Waals surface area contributed by atoms with Crippen molar-refractivity contribution in [1.82, 2.24) is 4.90 Å². The minimum atomic E-state index is -4.08. The predicted octanol–water partition coefficient (Wildman–Crippen LogP) is 1.73. The van der Waals surface area contributed by atoms with Crippen molar-refractivity contribution >= 4 is 15.9 Å². The van der Waals surface area contributed by atoms with Gasteiger partial charge in [-0.15, -0.1) is 0 Å². The molecule has 5 nitrogen and oxygen atoms in total. The molecule has 2 N–H and O–H groups in total. The minimum absolute atomic E-state index is 0.00899. The van der Waals surface area contributed by atoms with E-state index in [4.69, 9.17) is 5.14 Å². The van der Waals surface area contributed by atoms with Crippen LogP contribution < -0.4 is 5.14 Å². The summed E-state index contributed by atoms with van der Waals surface area (Å²) in [4.78, 5) is 13.9. The summed E-state index contributed by atoms with van der Waals surface area (Å²) in [5, 5.41) is 5.12. The van der Waals surface area contributed by atoms with Crippen molar-refractivity contribution < 1.29 is 17.6 Å². The smallest absolute Gasteiger partial charge is 0.255 e. The van der Waals surface area contributed by atoms with Crippen LogP contribution in [0.25, 0.3) is 0 Å². The Bertz CT molecular complexity index is 660. The highest BCUT2D eigenvalue weighted by Gasteiger charge is 2.30. The molecule has 0 aromatic heterocycles.